The van der Waals surface area contributed by atoms with Gasteiger partial charge in [0.1, 0.15) is 5.76 Å². The Morgan fingerprint density at radius 3 is 2.47 bits per heavy atom. The highest BCUT2D eigenvalue weighted by Crippen LogP contribution is 2.25. The van der Waals surface area contributed by atoms with Crippen LogP contribution in [0.2, 0.25) is 0 Å². The van der Waals surface area contributed by atoms with Crippen LogP contribution in [-0.4, -0.2) is 35.2 Å². The van der Waals surface area contributed by atoms with Gasteiger partial charge in [-0.05, 0) is 55.0 Å². The minimum Gasteiger partial charge on any atom is -0.451 e. The molecule has 9 heteroatoms. The van der Waals surface area contributed by atoms with Gasteiger partial charge in [-0.25, -0.2) is 0 Å². The number of furan rings is 1. The molecule has 0 spiro atoms. The number of rotatable bonds is 6. The van der Waals surface area contributed by atoms with Crippen molar-refractivity contribution in [3.63, 3.8) is 0 Å². The summed E-state index contributed by atoms with van der Waals surface area (Å²) in [7, 11) is 1.50. The fraction of sp³-hybridized carbons (Fsp3) is 0.143. The summed E-state index contributed by atoms with van der Waals surface area (Å²) in [5, 5.41) is 13.5. The highest BCUT2D eigenvalue weighted by molar-refractivity contribution is 9.10. The third-order valence-corrected chi connectivity index (χ3v) is 4.86. The van der Waals surface area contributed by atoms with E-state index >= 15 is 0 Å². The standard InChI is InChI=1S/C21H18BrN3O5/c1-13-11-15(22)5-8-17(13)23-20(26)12-24(2)21(27)19-10-9-18(30-19)14-3-6-16(7-4-14)25(28)29/h3-11H,12H2,1-2H3,(H,23,26). The van der Waals surface area contributed by atoms with E-state index in [0.717, 1.165) is 10.0 Å². The van der Waals surface area contributed by atoms with Crippen LogP contribution >= 0.6 is 15.9 Å². The number of nitro groups is 1. The van der Waals surface area contributed by atoms with E-state index in [1.54, 1.807) is 24.3 Å². The molecule has 2 aromatic carbocycles. The summed E-state index contributed by atoms with van der Waals surface area (Å²) in [5.41, 5.74) is 2.13. The van der Waals surface area contributed by atoms with E-state index in [1.165, 1.54) is 30.1 Å². The van der Waals surface area contributed by atoms with Gasteiger partial charge >= 0.3 is 0 Å². The molecule has 0 aliphatic heterocycles. The molecule has 3 aromatic rings. The summed E-state index contributed by atoms with van der Waals surface area (Å²) in [5.74, 6) is -0.320. The summed E-state index contributed by atoms with van der Waals surface area (Å²) >= 11 is 3.37. The normalized spacial score (nSPS) is 10.5. The van der Waals surface area contributed by atoms with Crippen LogP contribution in [0.25, 0.3) is 11.3 Å². The molecule has 1 aromatic heterocycles. The van der Waals surface area contributed by atoms with E-state index in [2.05, 4.69) is 21.2 Å². The molecule has 0 unspecified atom stereocenters. The number of hydrogen-bond donors (Lipinski definition) is 1. The molecule has 0 saturated heterocycles. The van der Waals surface area contributed by atoms with E-state index in [1.807, 2.05) is 19.1 Å². The Bertz CT molecular complexity index is 1110. The number of nitrogens with one attached hydrogen (secondary N) is 1. The number of carbonyl (C=O) groups excluding carboxylic acids is 2. The fourth-order valence-electron chi connectivity index (χ4n) is 2.79. The topological polar surface area (TPSA) is 106 Å². The van der Waals surface area contributed by atoms with Crippen molar-refractivity contribution in [3.8, 4) is 11.3 Å². The molecule has 154 valence electrons. The minimum atomic E-state index is -0.489. The molecule has 0 fully saturated rings. The van der Waals surface area contributed by atoms with Gasteiger partial charge in [0.2, 0.25) is 5.91 Å². The molecule has 0 saturated carbocycles. The van der Waals surface area contributed by atoms with Crippen LogP contribution in [0.3, 0.4) is 0 Å². The average Bonchev–Trinajstić information content (AvgIpc) is 3.19. The minimum absolute atomic E-state index is 0.0339. The van der Waals surface area contributed by atoms with E-state index in [4.69, 9.17) is 4.42 Å². The van der Waals surface area contributed by atoms with Crippen molar-refractivity contribution in [3.05, 3.63) is 80.5 Å². The first-order valence-corrected chi connectivity index (χ1v) is 9.70. The van der Waals surface area contributed by atoms with Gasteiger partial charge in [-0.3, -0.25) is 19.7 Å². The Labute approximate surface area is 180 Å². The smallest absolute Gasteiger partial charge is 0.289 e. The highest BCUT2D eigenvalue weighted by atomic mass is 79.9. The molecule has 0 radical (unpaired) electrons. The molecule has 0 bridgehead atoms. The average molecular weight is 472 g/mol. The summed E-state index contributed by atoms with van der Waals surface area (Å²) in [6.45, 7) is 1.72. The zero-order valence-corrected chi connectivity index (χ0v) is 17.8. The van der Waals surface area contributed by atoms with Crippen LogP contribution in [0.4, 0.5) is 11.4 Å². The van der Waals surface area contributed by atoms with Crippen molar-refractivity contribution in [2.24, 2.45) is 0 Å². The number of carbonyl (C=O) groups is 2. The number of non-ortho nitro benzene ring substituents is 1. The second kappa shape index (κ2) is 8.91. The van der Waals surface area contributed by atoms with Crippen molar-refractivity contribution in [1.29, 1.82) is 0 Å². The predicted octanol–water partition coefficient (Wildman–Crippen LogP) is 4.64. The molecule has 2 amide bonds. The Hall–Kier alpha value is -3.46. The van der Waals surface area contributed by atoms with E-state index in [0.29, 0.717) is 17.0 Å². The Morgan fingerprint density at radius 2 is 1.83 bits per heavy atom. The zero-order valence-electron chi connectivity index (χ0n) is 16.2. The van der Waals surface area contributed by atoms with Gasteiger partial charge in [0.05, 0.1) is 11.5 Å². The Kier molecular flexibility index (Phi) is 6.31. The quantitative estimate of drug-likeness (QED) is 0.416. The van der Waals surface area contributed by atoms with Crippen molar-refractivity contribution in [2.75, 3.05) is 18.9 Å². The SMILES string of the molecule is Cc1cc(Br)ccc1NC(=O)CN(C)C(=O)c1ccc(-c2ccc([N+](=O)[O-])cc2)o1. The van der Waals surface area contributed by atoms with Gasteiger partial charge in [0.25, 0.3) is 11.6 Å². The van der Waals surface area contributed by atoms with Crippen LogP contribution in [-0.2, 0) is 4.79 Å². The molecular formula is C21H18BrN3O5. The van der Waals surface area contributed by atoms with E-state index < -0.39 is 10.8 Å². The molecule has 0 aliphatic rings. The van der Waals surface area contributed by atoms with Crippen molar-refractivity contribution in [1.82, 2.24) is 4.90 Å². The van der Waals surface area contributed by atoms with Crippen LogP contribution in [0.15, 0.2) is 63.5 Å². The first kappa shape index (κ1) is 21.3. The monoisotopic (exact) mass is 471 g/mol. The van der Waals surface area contributed by atoms with Crippen molar-refractivity contribution in [2.45, 2.75) is 6.92 Å². The number of aryl methyl sites for hydroxylation is 1. The maximum atomic E-state index is 12.6. The molecule has 1 heterocycles. The number of halogens is 1. The van der Waals surface area contributed by atoms with Crippen LogP contribution in [0.1, 0.15) is 16.1 Å². The molecular weight excluding hydrogens is 454 g/mol. The second-order valence-corrected chi connectivity index (χ2v) is 7.55. The first-order chi connectivity index (χ1) is 14.2. The predicted molar refractivity (Wildman–Crippen MR) is 115 cm³/mol. The van der Waals surface area contributed by atoms with E-state index in [-0.39, 0.29) is 23.9 Å². The summed E-state index contributed by atoms with van der Waals surface area (Å²) < 4.78 is 6.50. The molecule has 30 heavy (non-hydrogen) atoms. The lowest BCUT2D eigenvalue weighted by molar-refractivity contribution is -0.384. The van der Waals surface area contributed by atoms with Gasteiger partial charge in [-0.1, -0.05) is 15.9 Å². The van der Waals surface area contributed by atoms with Gasteiger partial charge in [0.15, 0.2) is 5.76 Å². The summed E-state index contributed by atoms with van der Waals surface area (Å²) in [4.78, 5) is 36.4. The third-order valence-electron chi connectivity index (χ3n) is 4.37. The fourth-order valence-corrected chi connectivity index (χ4v) is 3.26. The van der Waals surface area contributed by atoms with Crippen LogP contribution in [0.5, 0.6) is 0 Å². The van der Waals surface area contributed by atoms with Crippen LogP contribution in [0, 0.1) is 17.0 Å². The lowest BCUT2D eigenvalue weighted by Crippen LogP contribution is -2.34. The lowest BCUT2D eigenvalue weighted by Gasteiger charge is -2.16. The van der Waals surface area contributed by atoms with Gasteiger partial charge in [0, 0.05) is 34.9 Å². The molecule has 1 N–H and O–H groups in total. The summed E-state index contributed by atoms with van der Waals surface area (Å²) in [6.07, 6.45) is 0. The second-order valence-electron chi connectivity index (χ2n) is 6.64. The number of amides is 2. The van der Waals surface area contributed by atoms with Crippen molar-refractivity contribution < 1.29 is 18.9 Å². The number of anilines is 1. The lowest BCUT2D eigenvalue weighted by atomic mass is 10.1. The summed E-state index contributed by atoms with van der Waals surface area (Å²) in [6, 6.07) is 14.4. The van der Waals surface area contributed by atoms with Crippen LogP contribution < -0.4 is 5.32 Å². The van der Waals surface area contributed by atoms with Gasteiger partial charge in [-0.2, -0.15) is 0 Å². The number of likely N-dealkylation sites (N-methyl/N-ethyl adjacent to an activating group) is 1. The number of nitro benzene ring substituents is 1. The Morgan fingerprint density at radius 1 is 1.13 bits per heavy atom. The molecule has 0 aliphatic carbocycles. The number of nitrogens with zero attached hydrogens (tertiary/aromatic N) is 2. The molecule has 0 atom stereocenters. The molecule has 8 nitrogen and oxygen atoms in total. The number of benzene rings is 2. The Balaban J connectivity index is 1.64. The van der Waals surface area contributed by atoms with Gasteiger partial charge < -0.3 is 14.6 Å². The first-order valence-electron chi connectivity index (χ1n) is 8.90. The maximum absolute atomic E-state index is 12.6. The number of hydrogen-bond acceptors (Lipinski definition) is 5. The largest absolute Gasteiger partial charge is 0.451 e. The maximum Gasteiger partial charge on any atom is 0.289 e. The van der Waals surface area contributed by atoms with Crippen molar-refractivity contribution >= 4 is 39.1 Å². The highest BCUT2D eigenvalue weighted by Gasteiger charge is 2.19. The van der Waals surface area contributed by atoms with E-state index in [9.17, 15) is 19.7 Å². The van der Waals surface area contributed by atoms with Gasteiger partial charge in [-0.15, -0.1) is 0 Å². The zero-order chi connectivity index (χ0) is 21.8. The third kappa shape index (κ3) is 4.93. The molecule has 3 rings (SSSR count).